The van der Waals surface area contributed by atoms with Crippen molar-refractivity contribution in [1.29, 1.82) is 0 Å². The van der Waals surface area contributed by atoms with Gasteiger partial charge in [-0.3, -0.25) is 9.89 Å². The number of piperidine rings is 1. The van der Waals surface area contributed by atoms with Gasteiger partial charge >= 0.3 is 0 Å². The van der Waals surface area contributed by atoms with Crippen molar-refractivity contribution in [2.75, 3.05) is 26.2 Å². The van der Waals surface area contributed by atoms with Crippen LogP contribution in [0.25, 0.3) is 0 Å². The average Bonchev–Trinajstić information content (AvgIpc) is 2.85. The topological polar surface area (TPSA) is 61.0 Å². The minimum Gasteiger partial charge on any atom is -0.337 e. The second-order valence-electron chi connectivity index (χ2n) is 5.40. The number of hydrogen-bond donors (Lipinski definition) is 2. The Balaban J connectivity index is 1.99. The number of nitrogens with zero attached hydrogens (tertiary/aromatic N) is 2. The van der Waals surface area contributed by atoms with Gasteiger partial charge in [-0.25, -0.2) is 0 Å². The van der Waals surface area contributed by atoms with Gasteiger partial charge in [-0.15, -0.1) is 0 Å². The predicted octanol–water partition coefficient (Wildman–Crippen LogP) is 1.57. The molecule has 0 aromatic carbocycles. The largest absolute Gasteiger partial charge is 0.337 e. The Hall–Kier alpha value is -1.36. The van der Waals surface area contributed by atoms with Gasteiger partial charge in [0.25, 0.3) is 5.91 Å². The van der Waals surface area contributed by atoms with Crippen molar-refractivity contribution >= 4 is 5.91 Å². The van der Waals surface area contributed by atoms with Gasteiger partial charge in [0.05, 0.1) is 0 Å². The predicted molar refractivity (Wildman–Crippen MR) is 75.1 cm³/mol. The fraction of sp³-hybridized carbons (Fsp3) is 0.714. The van der Waals surface area contributed by atoms with Crippen LogP contribution in [0, 0.1) is 12.8 Å². The zero-order valence-electron chi connectivity index (χ0n) is 11.9. The summed E-state index contributed by atoms with van der Waals surface area (Å²) in [6, 6.07) is 1.82. The van der Waals surface area contributed by atoms with Crippen LogP contribution in [-0.2, 0) is 0 Å². The second-order valence-corrected chi connectivity index (χ2v) is 5.40. The van der Waals surface area contributed by atoms with Crippen molar-refractivity contribution < 1.29 is 4.79 Å². The van der Waals surface area contributed by atoms with Gasteiger partial charge < -0.3 is 10.2 Å². The molecule has 0 aliphatic carbocycles. The Labute approximate surface area is 114 Å². The van der Waals surface area contributed by atoms with Crippen molar-refractivity contribution in [3.05, 3.63) is 17.5 Å². The van der Waals surface area contributed by atoms with Gasteiger partial charge in [0.2, 0.25) is 0 Å². The summed E-state index contributed by atoms with van der Waals surface area (Å²) in [5.41, 5.74) is 1.47. The van der Waals surface area contributed by atoms with Crippen molar-refractivity contribution in [2.45, 2.75) is 33.1 Å². The molecule has 0 bridgehead atoms. The van der Waals surface area contributed by atoms with E-state index in [4.69, 9.17) is 0 Å². The number of aromatic amines is 1. The van der Waals surface area contributed by atoms with Crippen molar-refractivity contribution in [1.82, 2.24) is 20.4 Å². The molecule has 1 aliphatic heterocycles. The molecule has 1 aromatic rings. The lowest BCUT2D eigenvalue weighted by Gasteiger charge is -2.29. The lowest BCUT2D eigenvalue weighted by atomic mass is 9.99. The number of amides is 1. The molecular weight excluding hydrogens is 240 g/mol. The molecule has 5 heteroatoms. The number of carbonyl (C=O) groups is 1. The Morgan fingerprint density at radius 1 is 1.58 bits per heavy atom. The highest BCUT2D eigenvalue weighted by molar-refractivity contribution is 5.92. The summed E-state index contributed by atoms with van der Waals surface area (Å²) in [6.07, 6.45) is 3.40. The summed E-state index contributed by atoms with van der Waals surface area (Å²) in [5, 5.41) is 10.3. The number of rotatable bonds is 5. The van der Waals surface area contributed by atoms with E-state index >= 15 is 0 Å². The summed E-state index contributed by atoms with van der Waals surface area (Å²) in [7, 11) is 0. The van der Waals surface area contributed by atoms with E-state index in [1.165, 1.54) is 12.8 Å². The third-order valence-corrected chi connectivity index (χ3v) is 3.58. The van der Waals surface area contributed by atoms with Crippen LogP contribution >= 0.6 is 0 Å². The van der Waals surface area contributed by atoms with Crippen LogP contribution in [0.4, 0.5) is 0 Å². The molecule has 1 amide bonds. The molecule has 0 spiro atoms. The highest BCUT2D eigenvalue weighted by Gasteiger charge is 2.22. The maximum Gasteiger partial charge on any atom is 0.274 e. The minimum atomic E-state index is 0.0526. The van der Waals surface area contributed by atoms with E-state index in [-0.39, 0.29) is 5.91 Å². The molecule has 106 valence electrons. The van der Waals surface area contributed by atoms with E-state index in [1.807, 2.05) is 17.9 Å². The van der Waals surface area contributed by atoms with Gasteiger partial charge in [0.15, 0.2) is 0 Å². The van der Waals surface area contributed by atoms with Crippen molar-refractivity contribution in [3.63, 3.8) is 0 Å². The lowest BCUT2D eigenvalue weighted by Crippen LogP contribution is -2.41. The molecule has 19 heavy (non-hydrogen) atoms. The molecule has 0 saturated carbocycles. The molecule has 1 unspecified atom stereocenters. The zero-order valence-corrected chi connectivity index (χ0v) is 11.9. The quantitative estimate of drug-likeness (QED) is 0.848. The fourth-order valence-electron chi connectivity index (χ4n) is 2.63. The first-order valence-corrected chi connectivity index (χ1v) is 7.22. The lowest BCUT2D eigenvalue weighted by molar-refractivity contribution is 0.0713. The maximum absolute atomic E-state index is 12.4. The van der Waals surface area contributed by atoms with Gasteiger partial charge in [-0.2, -0.15) is 5.10 Å². The van der Waals surface area contributed by atoms with Gasteiger partial charge in [-0.1, -0.05) is 6.92 Å². The smallest absolute Gasteiger partial charge is 0.274 e. The third-order valence-electron chi connectivity index (χ3n) is 3.58. The minimum absolute atomic E-state index is 0.0526. The number of carbonyl (C=O) groups excluding carboxylic acids is 1. The molecule has 2 heterocycles. The normalized spacial score (nSPS) is 19.4. The summed E-state index contributed by atoms with van der Waals surface area (Å²) in [5.74, 6) is 0.626. The molecule has 1 atom stereocenters. The zero-order chi connectivity index (χ0) is 13.7. The standard InChI is InChI=1S/C14H24N4O/c1-3-7-18(10-12-5-4-6-15-9-12)14(19)13-8-11(2)16-17-13/h8,12,15H,3-7,9-10H2,1-2H3,(H,16,17). The van der Waals surface area contributed by atoms with E-state index < -0.39 is 0 Å². The summed E-state index contributed by atoms with van der Waals surface area (Å²) in [6.45, 7) is 7.80. The summed E-state index contributed by atoms with van der Waals surface area (Å²) >= 11 is 0. The SMILES string of the molecule is CCCN(CC1CCCNC1)C(=O)c1cc(C)[nH]n1. The molecule has 1 aromatic heterocycles. The van der Waals surface area contributed by atoms with Gasteiger partial charge in [0.1, 0.15) is 5.69 Å². The maximum atomic E-state index is 12.4. The first-order chi connectivity index (χ1) is 9.20. The van der Waals surface area contributed by atoms with E-state index in [9.17, 15) is 4.79 Å². The molecule has 5 nitrogen and oxygen atoms in total. The van der Waals surface area contributed by atoms with E-state index in [2.05, 4.69) is 22.4 Å². The van der Waals surface area contributed by atoms with Crippen molar-refractivity contribution in [3.8, 4) is 0 Å². The first kappa shape index (κ1) is 14.1. The van der Waals surface area contributed by atoms with Crippen LogP contribution < -0.4 is 5.32 Å². The van der Waals surface area contributed by atoms with Crippen LogP contribution in [-0.4, -0.2) is 47.2 Å². The molecule has 1 fully saturated rings. The number of hydrogen-bond acceptors (Lipinski definition) is 3. The van der Waals surface area contributed by atoms with E-state index in [0.717, 1.165) is 38.3 Å². The first-order valence-electron chi connectivity index (χ1n) is 7.22. The van der Waals surface area contributed by atoms with Crippen LogP contribution in [0.2, 0.25) is 0 Å². The summed E-state index contributed by atoms with van der Waals surface area (Å²) in [4.78, 5) is 14.4. The van der Waals surface area contributed by atoms with E-state index in [0.29, 0.717) is 11.6 Å². The molecule has 2 N–H and O–H groups in total. The number of nitrogens with one attached hydrogen (secondary N) is 2. The molecule has 0 radical (unpaired) electrons. The fourth-order valence-corrected chi connectivity index (χ4v) is 2.63. The van der Waals surface area contributed by atoms with Crippen LogP contribution in [0.1, 0.15) is 42.4 Å². The number of aryl methyl sites for hydroxylation is 1. The second kappa shape index (κ2) is 6.70. The molecule has 1 aliphatic rings. The van der Waals surface area contributed by atoms with Gasteiger partial charge in [0, 0.05) is 18.8 Å². The number of aromatic nitrogens is 2. The molecule has 2 rings (SSSR count). The van der Waals surface area contributed by atoms with Crippen molar-refractivity contribution in [2.24, 2.45) is 5.92 Å². The Morgan fingerprint density at radius 2 is 2.42 bits per heavy atom. The summed E-state index contributed by atoms with van der Waals surface area (Å²) < 4.78 is 0. The van der Waals surface area contributed by atoms with E-state index in [1.54, 1.807) is 0 Å². The highest BCUT2D eigenvalue weighted by atomic mass is 16.2. The monoisotopic (exact) mass is 264 g/mol. The number of H-pyrrole nitrogens is 1. The van der Waals surface area contributed by atoms with Crippen LogP contribution in [0.3, 0.4) is 0 Å². The Kier molecular flexibility index (Phi) is 4.96. The van der Waals surface area contributed by atoms with Crippen LogP contribution in [0.5, 0.6) is 0 Å². The molecule has 1 saturated heterocycles. The van der Waals surface area contributed by atoms with Crippen LogP contribution in [0.15, 0.2) is 6.07 Å². The average molecular weight is 264 g/mol. The highest BCUT2D eigenvalue weighted by Crippen LogP contribution is 2.14. The third kappa shape index (κ3) is 3.80. The van der Waals surface area contributed by atoms with Gasteiger partial charge in [-0.05, 0) is 51.3 Å². The Morgan fingerprint density at radius 3 is 3.00 bits per heavy atom. The Bertz CT molecular complexity index is 409. The molecular formula is C14H24N4O.